The molecule has 1 fully saturated rings. The molecule has 106 valence electrons. The fourth-order valence-electron chi connectivity index (χ4n) is 3.03. The highest BCUT2D eigenvalue weighted by Gasteiger charge is 2.25. The van der Waals surface area contributed by atoms with Crippen LogP contribution in [0.3, 0.4) is 0 Å². The first kappa shape index (κ1) is 15.6. The molecule has 0 aliphatic heterocycles. The second kappa shape index (κ2) is 7.21. The summed E-state index contributed by atoms with van der Waals surface area (Å²) in [7, 11) is 2.22. The van der Waals surface area contributed by atoms with Gasteiger partial charge in [-0.2, -0.15) is 0 Å². The number of hydrogen-bond donors (Lipinski definition) is 0. The molecule has 0 amide bonds. The molecule has 1 heteroatoms. The van der Waals surface area contributed by atoms with Crippen LogP contribution in [-0.4, -0.2) is 18.5 Å². The maximum absolute atomic E-state index is 4.35. The van der Waals surface area contributed by atoms with Crippen LogP contribution in [0.4, 0.5) is 0 Å². The predicted octanol–water partition coefficient (Wildman–Crippen LogP) is 4.94. The third-order valence-electron chi connectivity index (χ3n) is 4.72. The highest BCUT2D eigenvalue weighted by molar-refractivity contribution is 5.01. The molecule has 0 unspecified atom stereocenters. The van der Waals surface area contributed by atoms with E-state index < -0.39 is 0 Å². The summed E-state index contributed by atoms with van der Waals surface area (Å²) in [4.78, 5) is 2.40. The fraction of sp³-hybridized carbons (Fsp3) is 0.882. The smallest absolute Gasteiger partial charge is 0.0174 e. The minimum Gasteiger partial charge on any atom is -0.378 e. The van der Waals surface area contributed by atoms with Crippen molar-refractivity contribution in [2.75, 3.05) is 13.6 Å². The van der Waals surface area contributed by atoms with Crippen molar-refractivity contribution in [3.8, 4) is 0 Å². The normalized spacial score (nSPS) is 24.6. The number of nitrogens with zero attached hydrogens (tertiary/aromatic N) is 1. The number of hydrogen-bond acceptors (Lipinski definition) is 1. The van der Waals surface area contributed by atoms with E-state index in [-0.39, 0.29) is 0 Å². The highest BCUT2D eigenvalue weighted by atomic mass is 15.1. The minimum absolute atomic E-state index is 0.747. The molecule has 1 rings (SSSR count). The van der Waals surface area contributed by atoms with Gasteiger partial charge in [-0.3, -0.25) is 0 Å². The van der Waals surface area contributed by atoms with Gasteiger partial charge in [-0.05, 0) is 55.8 Å². The van der Waals surface area contributed by atoms with Gasteiger partial charge in [0.2, 0.25) is 0 Å². The zero-order chi connectivity index (χ0) is 13.7. The Bertz CT molecular complexity index is 246. The molecule has 1 nitrogen and oxygen atoms in total. The van der Waals surface area contributed by atoms with E-state index in [2.05, 4.69) is 46.2 Å². The van der Waals surface area contributed by atoms with E-state index in [1.54, 1.807) is 0 Å². The molecule has 0 N–H and O–H groups in total. The molecular formula is C17H33N. The van der Waals surface area contributed by atoms with Crippen LogP contribution < -0.4 is 0 Å². The van der Waals surface area contributed by atoms with Crippen LogP contribution >= 0.6 is 0 Å². The van der Waals surface area contributed by atoms with Crippen molar-refractivity contribution in [2.45, 2.75) is 59.8 Å². The first-order chi connectivity index (χ1) is 8.41. The Morgan fingerprint density at radius 2 is 1.67 bits per heavy atom. The molecule has 0 aromatic carbocycles. The first-order valence-corrected chi connectivity index (χ1v) is 7.81. The lowest BCUT2D eigenvalue weighted by atomic mass is 9.76. The van der Waals surface area contributed by atoms with Gasteiger partial charge in [-0.1, -0.05) is 34.3 Å². The Kier molecular flexibility index (Phi) is 6.25. The summed E-state index contributed by atoms with van der Waals surface area (Å²) in [6.07, 6.45) is 6.79. The standard InChI is InChI=1S/C17H33N/c1-13(2)11-12-18(6)15(5)17-9-7-16(8-10-17)14(3)4/h13-14,16-17H,5,7-12H2,1-4,6H3. The van der Waals surface area contributed by atoms with Crippen molar-refractivity contribution in [1.82, 2.24) is 4.90 Å². The van der Waals surface area contributed by atoms with Crippen LogP contribution in [0.2, 0.25) is 0 Å². The molecule has 1 aliphatic rings. The minimum atomic E-state index is 0.747. The second-order valence-electron chi connectivity index (χ2n) is 6.95. The van der Waals surface area contributed by atoms with Crippen LogP contribution in [0.1, 0.15) is 59.8 Å². The molecule has 0 aromatic heterocycles. The Labute approximate surface area is 115 Å². The lowest BCUT2D eigenvalue weighted by Crippen LogP contribution is -2.28. The van der Waals surface area contributed by atoms with E-state index in [9.17, 15) is 0 Å². The van der Waals surface area contributed by atoms with Crippen LogP contribution in [0.25, 0.3) is 0 Å². The van der Waals surface area contributed by atoms with Gasteiger partial charge in [0.1, 0.15) is 0 Å². The maximum atomic E-state index is 4.35. The second-order valence-corrected chi connectivity index (χ2v) is 6.95. The van der Waals surface area contributed by atoms with Crippen molar-refractivity contribution in [1.29, 1.82) is 0 Å². The lowest BCUT2D eigenvalue weighted by Gasteiger charge is -2.35. The van der Waals surface area contributed by atoms with E-state index in [4.69, 9.17) is 0 Å². The molecule has 1 aliphatic carbocycles. The molecule has 18 heavy (non-hydrogen) atoms. The fourth-order valence-corrected chi connectivity index (χ4v) is 3.03. The van der Waals surface area contributed by atoms with Gasteiger partial charge in [-0.25, -0.2) is 0 Å². The van der Waals surface area contributed by atoms with Gasteiger partial charge in [-0.15, -0.1) is 0 Å². The Balaban J connectivity index is 2.35. The average molecular weight is 251 g/mol. The van der Waals surface area contributed by atoms with Crippen molar-refractivity contribution in [2.24, 2.45) is 23.7 Å². The number of allylic oxidation sites excluding steroid dienone is 1. The van der Waals surface area contributed by atoms with Gasteiger partial charge in [0.25, 0.3) is 0 Å². The van der Waals surface area contributed by atoms with Crippen LogP contribution in [0.5, 0.6) is 0 Å². The molecule has 0 atom stereocenters. The van der Waals surface area contributed by atoms with Gasteiger partial charge in [0.15, 0.2) is 0 Å². The summed E-state index contributed by atoms with van der Waals surface area (Å²) in [6, 6.07) is 0. The van der Waals surface area contributed by atoms with Gasteiger partial charge < -0.3 is 4.90 Å². The van der Waals surface area contributed by atoms with E-state index >= 15 is 0 Å². The summed E-state index contributed by atoms with van der Waals surface area (Å²) in [5.74, 6) is 3.35. The van der Waals surface area contributed by atoms with Gasteiger partial charge >= 0.3 is 0 Å². The molecule has 0 radical (unpaired) electrons. The maximum Gasteiger partial charge on any atom is 0.0174 e. The van der Waals surface area contributed by atoms with Crippen molar-refractivity contribution in [3.63, 3.8) is 0 Å². The Morgan fingerprint density at radius 1 is 1.11 bits per heavy atom. The zero-order valence-corrected chi connectivity index (χ0v) is 13.2. The largest absolute Gasteiger partial charge is 0.378 e. The number of rotatable bonds is 6. The topological polar surface area (TPSA) is 3.24 Å². The molecule has 0 saturated heterocycles. The summed E-state index contributed by atoms with van der Waals surface area (Å²) < 4.78 is 0. The molecule has 0 bridgehead atoms. The van der Waals surface area contributed by atoms with Crippen molar-refractivity contribution < 1.29 is 0 Å². The van der Waals surface area contributed by atoms with E-state index in [0.717, 1.165) is 23.7 Å². The quantitative estimate of drug-likeness (QED) is 0.646. The average Bonchev–Trinajstić information content (AvgIpc) is 2.35. The molecule has 0 aromatic rings. The third-order valence-corrected chi connectivity index (χ3v) is 4.72. The highest BCUT2D eigenvalue weighted by Crippen LogP contribution is 2.36. The van der Waals surface area contributed by atoms with Crippen LogP contribution in [0, 0.1) is 23.7 Å². The zero-order valence-electron chi connectivity index (χ0n) is 13.2. The Morgan fingerprint density at radius 3 is 2.11 bits per heavy atom. The van der Waals surface area contributed by atoms with Gasteiger partial charge in [0, 0.05) is 19.3 Å². The predicted molar refractivity (Wildman–Crippen MR) is 81.5 cm³/mol. The van der Waals surface area contributed by atoms with Crippen molar-refractivity contribution >= 4 is 0 Å². The summed E-state index contributed by atoms with van der Waals surface area (Å²) in [5, 5.41) is 0. The molecule has 1 saturated carbocycles. The first-order valence-electron chi connectivity index (χ1n) is 7.81. The summed E-state index contributed by atoms with van der Waals surface area (Å²) in [5.41, 5.74) is 1.39. The monoisotopic (exact) mass is 251 g/mol. The van der Waals surface area contributed by atoms with E-state index in [1.807, 2.05) is 0 Å². The molecular weight excluding hydrogens is 218 g/mol. The van der Waals surface area contributed by atoms with Crippen LogP contribution in [-0.2, 0) is 0 Å². The van der Waals surface area contributed by atoms with E-state index in [0.29, 0.717) is 0 Å². The van der Waals surface area contributed by atoms with Crippen LogP contribution in [0.15, 0.2) is 12.3 Å². The molecule has 0 spiro atoms. The third kappa shape index (κ3) is 4.66. The SMILES string of the molecule is C=C(C1CCC(C(C)C)CC1)N(C)CCC(C)C. The van der Waals surface area contributed by atoms with Crippen molar-refractivity contribution in [3.05, 3.63) is 12.3 Å². The summed E-state index contributed by atoms with van der Waals surface area (Å²) >= 11 is 0. The molecule has 0 heterocycles. The van der Waals surface area contributed by atoms with E-state index in [1.165, 1.54) is 44.3 Å². The lowest BCUT2D eigenvalue weighted by molar-refractivity contribution is 0.215. The summed E-state index contributed by atoms with van der Waals surface area (Å²) in [6.45, 7) is 14.9. The van der Waals surface area contributed by atoms with Gasteiger partial charge in [0.05, 0.1) is 0 Å². The Hall–Kier alpha value is -0.460.